The maximum absolute atomic E-state index is 6.05. The molecule has 0 saturated carbocycles. The highest BCUT2D eigenvalue weighted by Crippen LogP contribution is 2.31. The van der Waals surface area contributed by atoms with E-state index in [-0.39, 0.29) is 0 Å². The van der Waals surface area contributed by atoms with Crippen molar-refractivity contribution in [3.05, 3.63) is 52.8 Å². The predicted molar refractivity (Wildman–Crippen MR) is 87.3 cm³/mol. The standard InChI is InChI=1S/C14H7Cl2N5S/c15-10-5-9(6-11(16)7-10)13-20-21-12(18-19-14(21)22-13)8-1-3-17-4-2-8/h1-7H. The quantitative estimate of drug-likeness (QED) is 0.544. The number of halogens is 2. The second-order valence-electron chi connectivity index (χ2n) is 4.52. The number of fused-ring (bicyclic) bond motifs is 1. The summed E-state index contributed by atoms with van der Waals surface area (Å²) >= 11 is 13.5. The molecule has 1 aromatic carbocycles. The molecule has 5 nitrogen and oxygen atoms in total. The third-order valence-corrected chi connectivity index (χ3v) is 4.42. The van der Waals surface area contributed by atoms with Crippen molar-refractivity contribution in [3.8, 4) is 22.0 Å². The molecule has 8 heteroatoms. The van der Waals surface area contributed by atoms with E-state index in [2.05, 4.69) is 20.3 Å². The molecule has 22 heavy (non-hydrogen) atoms. The van der Waals surface area contributed by atoms with Crippen LogP contribution in [-0.4, -0.2) is 24.8 Å². The molecule has 0 fully saturated rings. The topological polar surface area (TPSA) is 56.0 Å². The van der Waals surface area contributed by atoms with Gasteiger partial charge in [0.05, 0.1) is 0 Å². The Bertz CT molecular complexity index is 944. The van der Waals surface area contributed by atoms with Crippen LogP contribution in [0.25, 0.3) is 26.9 Å². The Morgan fingerprint density at radius 1 is 0.909 bits per heavy atom. The van der Waals surface area contributed by atoms with E-state index in [1.165, 1.54) is 11.3 Å². The molecule has 108 valence electrons. The van der Waals surface area contributed by atoms with Gasteiger partial charge in [-0.2, -0.15) is 9.61 Å². The van der Waals surface area contributed by atoms with Crippen LogP contribution in [0.1, 0.15) is 0 Å². The Morgan fingerprint density at radius 3 is 2.36 bits per heavy atom. The summed E-state index contributed by atoms with van der Waals surface area (Å²) in [7, 11) is 0. The van der Waals surface area contributed by atoms with E-state index in [0.29, 0.717) is 20.8 Å². The minimum absolute atomic E-state index is 0.572. The zero-order chi connectivity index (χ0) is 15.1. The van der Waals surface area contributed by atoms with Gasteiger partial charge < -0.3 is 0 Å². The van der Waals surface area contributed by atoms with Gasteiger partial charge in [0, 0.05) is 33.6 Å². The molecule has 3 heterocycles. The molecule has 0 saturated heterocycles. The Morgan fingerprint density at radius 2 is 1.64 bits per heavy atom. The molecule has 0 N–H and O–H groups in total. The fourth-order valence-electron chi connectivity index (χ4n) is 2.09. The zero-order valence-electron chi connectivity index (χ0n) is 10.9. The van der Waals surface area contributed by atoms with Crippen molar-refractivity contribution < 1.29 is 0 Å². The van der Waals surface area contributed by atoms with Crippen molar-refractivity contribution >= 4 is 39.5 Å². The normalized spacial score (nSPS) is 11.2. The third-order valence-electron chi connectivity index (χ3n) is 3.04. The summed E-state index contributed by atoms with van der Waals surface area (Å²) in [6.07, 6.45) is 3.42. The summed E-state index contributed by atoms with van der Waals surface area (Å²) < 4.78 is 1.71. The molecular formula is C14H7Cl2N5S. The lowest BCUT2D eigenvalue weighted by Gasteiger charge is -1.98. The van der Waals surface area contributed by atoms with Crippen molar-refractivity contribution in [2.24, 2.45) is 0 Å². The molecule has 4 aromatic rings. The maximum atomic E-state index is 6.05. The Hall–Kier alpha value is -2.02. The number of pyridine rings is 1. The molecule has 0 atom stereocenters. The zero-order valence-corrected chi connectivity index (χ0v) is 13.3. The lowest BCUT2D eigenvalue weighted by Crippen LogP contribution is -1.91. The Kier molecular flexibility index (Phi) is 3.29. The van der Waals surface area contributed by atoms with Gasteiger partial charge in [-0.05, 0) is 30.3 Å². The molecule has 0 amide bonds. The number of hydrogen-bond acceptors (Lipinski definition) is 5. The highest BCUT2D eigenvalue weighted by molar-refractivity contribution is 7.19. The van der Waals surface area contributed by atoms with E-state index in [4.69, 9.17) is 23.2 Å². The third kappa shape index (κ3) is 2.35. The van der Waals surface area contributed by atoms with Crippen LogP contribution in [0, 0.1) is 0 Å². The first-order valence-corrected chi connectivity index (χ1v) is 7.87. The van der Waals surface area contributed by atoms with E-state index in [0.717, 1.165) is 16.1 Å². The molecule has 0 aliphatic carbocycles. The fraction of sp³-hybridized carbons (Fsp3) is 0. The molecule has 0 radical (unpaired) electrons. The smallest absolute Gasteiger partial charge is 0.235 e. The van der Waals surface area contributed by atoms with Gasteiger partial charge in [-0.3, -0.25) is 4.98 Å². The molecule has 3 aromatic heterocycles. The van der Waals surface area contributed by atoms with Gasteiger partial charge in [0.2, 0.25) is 4.96 Å². The first-order valence-electron chi connectivity index (χ1n) is 6.30. The van der Waals surface area contributed by atoms with E-state index < -0.39 is 0 Å². The Balaban J connectivity index is 1.87. The molecule has 0 aliphatic heterocycles. The van der Waals surface area contributed by atoms with E-state index in [9.17, 15) is 0 Å². The highest BCUT2D eigenvalue weighted by Gasteiger charge is 2.14. The van der Waals surface area contributed by atoms with Crippen molar-refractivity contribution in [1.29, 1.82) is 0 Å². The maximum Gasteiger partial charge on any atom is 0.235 e. The molecule has 0 aliphatic rings. The average molecular weight is 348 g/mol. The van der Waals surface area contributed by atoms with Gasteiger partial charge in [-0.25, -0.2) is 0 Å². The van der Waals surface area contributed by atoms with Crippen LogP contribution in [-0.2, 0) is 0 Å². The van der Waals surface area contributed by atoms with Crippen molar-refractivity contribution in [3.63, 3.8) is 0 Å². The highest BCUT2D eigenvalue weighted by atomic mass is 35.5. The minimum Gasteiger partial charge on any atom is -0.265 e. The molecule has 4 rings (SSSR count). The predicted octanol–water partition coefficient (Wildman–Crippen LogP) is 4.22. The van der Waals surface area contributed by atoms with Gasteiger partial charge >= 0.3 is 0 Å². The summed E-state index contributed by atoms with van der Waals surface area (Å²) in [5.74, 6) is 0.674. The van der Waals surface area contributed by atoms with Gasteiger partial charge in [-0.15, -0.1) is 10.2 Å². The van der Waals surface area contributed by atoms with Crippen LogP contribution in [0.2, 0.25) is 10.0 Å². The van der Waals surface area contributed by atoms with E-state index in [1.807, 2.05) is 24.3 Å². The second kappa shape index (κ2) is 5.31. The van der Waals surface area contributed by atoms with Crippen LogP contribution < -0.4 is 0 Å². The minimum atomic E-state index is 0.572. The summed E-state index contributed by atoms with van der Waals surface area (Å²) in [4.78, 5) is 4.71. The molecular weight excluding hydrogens is 341 g/mol. The van der Waals surface area contributed by atoms with Gasteiger partial charge in [0.25, 0.3) is 0 Å². The van der Waals surface area contributed by atoms with Gasteiger partial charge in [0.15, 0.2) is 5.82 Å². The van der Waals surface area contributed by atoms with Crippen LogP contribution >= 0.6 is 34.5 Å². The largest absolute Gasteiger partial charge is 0.265 e. The van der Waals surface area contributed by atoms with E-state index in [1.54, 1.807) is 23.0 Å². The molecule has 0 spiro atoms. The van der Waals surface area contributed by atoms with Gasteiger partial charge in [0.1, 0.15) is 5.01 Å². The lowest BCUT2D eigenvalue weighted by atomic mass is 10.2. The Labute approximate surface area is 139 Å². The van der Waals surface area contributed by atoms with Crippen LogP contribution in [0.4, 0.5) is 0 Å². The van der Waals surface area contributed by atoms with Crippen molar-refractivity contribution in [2.75, 3.05) is 0 Å². The number of hydrogen-bond donors (Lipinski definition) is 0. The first kappa shape index (κ1) is 13.6. The number of aromatic nitrogens is 5. The van der Waals surface area contributed by atoms with Crippen LogP contribution in [0.3, 0.4) is 0 Å². The summed E-state index contributed by atoms with van der Waals surface area (Å²) in [5.41, 5.74) is 1.76. The first-order chi connectivity index (χ1) is 10.7. The van der Waals surface area contributed by atoms with Crippen molar-refractivity contribution in [2.45, 2.75) is 0 Å². The van der Waals surface area contributed by atoms with Crippen LogP contribution in [0.5, 0.6) is 0 Å². The van der Waals surface area contributed by atoms with Gasteiger partial charge in [-0.1, -0.05) is 34.5 Å². The molecule has 0 unspecified atom stereocenters. The fourth-order valence-corrected chi connectivity index (χ4v) is 3.44. The summed E-state index contributed by atoms with van der Waals surface area (Å²) in [5, 5.41) is 14.8. The van der Waals surface area contributed by atoms with Crippen molar-refractivity contribution in [1.82, 2.24) is 24.8 Å². The van der Waals surface area contributed by atoms with Crippen LogP contribution in [0.15, 0.2) is 42.7 Å². The van der Waals surface area contributed by atoms with E-state index >= 15 is 0 Å². The monoisotopic (exact) mass is 347 g/mol. The molecule has 0 bridgehead atoms. The second-order valence-corrected chi connectivity index (χ2v) is 6.35. The number of rotatable bonds is 2. The summed E-state index contributed by atoms with van der Waals surface area (Å²) in [6, 6.07) is 9.07. The lowest BCUT2D eigenvalue weighted by molar-refractivity contribution is 0.970. The number of nitrogens with zero attached hydrogens (tertiary/aromatic N) is 5. The number of benzene rings is 1. The average Bonchev–Trinajstić information content (AvgIpc) is 3.07. The SMILES string of the molecule is Clc1cc(Cl)cc(-c2nn3c(-c4ccncc4)nnc3s2)c1. The summed E-state index contributed by atoms with van der Waals surface area (Å²) in [6.45, 7) is 0.